The van der Waals surface area contributed by atoms with Crippen molar-refractivity contribution in [2.24, 2.45) is 0 Å². The zero-order valence-corrected chi connectivity index (χ0v) is 15.9. The van der Waals surface area contributed by atoms with Gasteiger partial charge in [-0.2, -0.15) is 0 Å². The molecular weight excluding hydrogens is 416 g/mol. The predicted octanol–water partition coefficient (Wildman–Crippen LogP) is 4.12. The fraction of sp³-hybridized carbons (Fsp3) is 0.0500. The molecule has 0 saturated carbocycles. The summed E-state index contributed by atoms with van der Waals surface area (Å²) in [5.41, 5.74) is 0.701. The standard InChI is InChI=1S/C20H13ClN2O7/c21-17-7-1-12(18-8-6-15(10-24)30-18)9-16(17)20(26)29-11-19(25)22-13-2-4-14(5-3-13)23(27)28/h1-10H,11H2,(H,22,25). The Bertz CT molecular complexity index is 1120. The normalized spacial score (nSPS) is 10.3. The van der Waals surface area contributed by atoms with Crippen molar-refractivity contribution in [2.75, 3.05) is 11.9 Å². The molecule has 1 heterocycles. The first kappa shape index (κ1) is 20.7. The zero-order valence-electron chi connectivity index (χ0n) is 15.2. The molecule has 30 heavy (non-hydrogen) atoms. The van der Waals surface area contributed by atoms with Crippen molar-refractivity contribution >= 4 is 41.1 Å². The number of hydrogen-bond donors (Lipinski definition) is 1. The highest BCUT2D eigenvalue weighted by atomic mass is 35.5. The van der Waals surface area contributed by atoms with E-state index in [9.17, 15) is 24.5 Å². The highest BCUT2D eigenvalue weighted by molar-refractivity contribution is 6.33. The summed E-state index contributed by atoms with van der Waals surface area (Å²) in [6.07, 6.45) is 0.554. The van der Waals surface area contributed by atoms with E-state index in [1.165, 1.54) is 42.5 Å². The molecular formula is C20H13ClN2O7. The van der Waals surface area contributed by atoms with Crippen molar-refractivity contribution in [3.8, 4) is 11.3 Å². The quantitative estimate of drug-likeness (QED) is 0.259. The molecule has 3 rings (SSSR count). The van der Waals surface area contributed by atoms with Crippen LogP contribution in [0.25, 0.3) is 11.3 Å². The maximum absolute atomic E-state index is 12.3. The smallest absolute Gasteiger partial charge is 0.340 e. The van der Waals surface area contributed by atoms with Crippen molar-refractivity contribution in [1.82, 2.24) is 0 Å². The number of ether oxygens (including phenoxy) is 1. The molecule has 0 aliphatic heterocycles. The molecule has 9 nitrogen and oxygen atoms in total. The number of halogens is 1. The van der Waals surface area contributed by atoms with Crippen molar-refractivity contribution in [1.29, 1.82) is 0 Å². The summed E-state index contributed by atoms with van der Waals surface area (Å²) in [5, 5.41) is 13.2. The predicted molar refractivity (Wildman–Crippen MR) is 107 cm³/mol. The Hall–Kier alpha value is -3.98. The number of carbonyl (C=O) groups is 3. The number of esters is 1. The number of anilines is 1. The number of hydrogen-bond acceptors (Lipinski definition) is 7. The number of nitro benzene ring substituents is 1. The molecule has 0 unspecified atom stereocenters. The zero-order chi connectivity index (χ0) is 21.7. The fourth-order valence-corrected chi connectivity index (χ4v) is 2.67. The van der Waals surface area contributed by atoms with Gasteiger partial charge in [0.15, 0.2) is 18.7 Å². The number of rotatable bonds is 7. The van der Waals surface area contributed by atoms with Gasteiger partial charge in [0.1, 0.15) is 5.76 Å². The number of nitrogens with one attached hydrogen (secondary N) is 1. The molecule has 0 aliphatic carbocycles. The number of carbonyl (C=O) groups excluding carboxylic acids is 3. The number of aldehydes is 1. The summed E-state index contributed by atoms with van der Waals surface area (Å²) in [7, 11) is 0. The first-order valence-corrected chi connectivity index (χ1v) is 8.81. The lowest BCUT2D eigenvalue weighted by molar-refractivity contribution is -0.384. The van der Waals surface area contributed by atoms with Gasteiger partial charge in [0, 0.05) is 23.4 Å². The topological polar surface area (TPSA) is 129 Å². The van der Waals surface area contributed by atoms with E-state index in [1.807, 2.05) is 0 Å². The number of nitro groups is 1. The first-order valence-electron chi connectivity index (χ1n) is 8.44. The van der Waals surface area contributed by atoms with Crippen LogP contribution in [0.1, 0.15) is 20.9 Å². The summed E-state index contributed by atoms with van der Waals surface area (Å²) >= 11 is 6.05. The van der Waals surface area contributed by atoms with E-state index in [0.717, 1.165) is 0 Å². The van der Waals surface area contributed by atoms with E-state index in [-0.39, 0.29) is 22.0 Å². The summed E-state index contributed by atoms with van der Waals surface area (Å²) in [6, 6.07) is 12.7. The van der Waals surface area contributed by atoms with Gasteiger partial charge >= 0.3 is 5.97 Å². The SMILES string of the molecule is O=Cc1ccc(-c2ccc(Cl)c(C(=O)OCC(=O)Nc3ccc([N+](=O)[O-])cc3)c2)o1. The molecule has 0 spiro atoms. The Morgan fingerprint density at radius 2 is 1.87 bits per heavy atom. The summed E-state index contributed by atoms with van der Waals surface area (Å²) in [6.45, 7) is -0.591. The average molecular weight is 429 g/mol. The summed E-state index contributed by atoms with van der Waals surface area (Å²) < 4.78 is 10.3. The van der Waals surface area contributed by atoms with E-state index in [0.29, 0.717) is 23.3 Å². The molecule has 152 valence electrons. The molecule has 0 bridgehead atoms. The molecule has 1 aromatic heterocycles. The molecule has 3 aromatic rings. The molecule has 1 N–H and O–H groups in total. The largest absolute Gasteiger partial charge is 0.453 e. The second-order valence-electron chi connectivity index (χ2n) is 5.94. The third-order valence-corrected chi connectivity index (χ3v) is 4.24. The molecule has 0 aliphatic rings. The highest BCUT2D eigenvalue weighted by Crippen LogP contribution is 2.27. The van der Waals surface area contributed by atoms with Crippen LogP contribution in [0.2, 0.25) is 5.02 Å². The van der Waals surface area contributed by atoms with Crippen LogP contribution in [0.3, 0.4) is 0 Å². The first-order chi connectivity index (χ1) is 14.4. The minimum absolute atomic E-state index is 0.0151. The monoisotopic (exact) mass is 428 g/mol. The maximum Gasteiger partial charge on any atom is 0.340 e. The lowest BCUT2D eigenvalue weighted by atomic mass is 10.1. The van der Waals surface area contributed by atoms with Gasteiger partial charge in [-0.25, -0.2) is 4.79 Å². The molecule has 0 radical (unpaired) electrons. The lowest BCUT2D eigenvalue weighted by Crippen LogP contribution is -2.21. The van der Waals surface area contributed by atoms with Crippen LogP contribution >= 0.6 is 11.6 Å². The average Bonchev–Trinajstić information content (AvgIpc) is 3.22. The van der Waals surface area contributed by atoms with Crippen molar-refractivity contribution in [2.45, 2.75) is 0 Å². The summed E-state index contributed by atoms with van der Waals surface area (Å²) in [5.74, 6) is -0.972. The second-order valence-corrected chi connectivity index (χ2v) is 6.35. The molecule has 0 fully saturated rings. The van der Waals surface area contributed by atoms with Crippen molar-refractivity contribution in [3.05, 3.63) is 81.1 Å². The van der Waals surface area contributed by atoms with Crippen molar-refractivity contribution < 1.29 is 28.5 Å². The molecule has 2 aromatic carbocycles. The molecule has 10 heteroatoms. The van der Waals surface area contributed by atoms with E-state index >= 15 is 0 Å². The minimum Gasteiger partial charge on any atom is -0.453 e. The van der Waals surface area contributed by atoms with Crippen LogP contribution in [0.5, 0.6) is 0 Å². The Labute approximate surface area is 174 Å². The Morgan fingerprint density at radius 3 is 2.50 bits per heavy atom. The number of nitrogens with zero attached hydrogens (tertiary/aromatic N) is 1. The Balaban J connectivity index is 1.63. The van der Waals surface area contributed by atoms with Crippen LogP contribution in [0, 0.1) is 10.1 Å². The van der Waals surface area contributed by atoms with E-state index < -0.39 is 23.4 Å². The van der Waals surface area contributed by atoms with E-state index in [1.54, 1.807) is 12.1 Å². The minimum atomic E-state index is -0.831. The number of furan rings is 1. The number of amides is 1. The van der Waals surface area contributed by atoms with Crippen LogP contribution in [0.15, 0.2) is 59.0 Å². The van der Waals surface area contributed by atoms with Crippen LogP contribution in [0.4, 0.5) is 11.4 Å². The Morgan fingerprint density at radius 1 is 1.13 bits per heavy atom. The number of non-ortho nitro benzene ring substituents is 1. The third kappa shape index (κ3) is 4.89. The maximum atomic E-state index is 12.3. The fourth-order valence-electron chi connectivity index (χ4n) is 2.48. The van der Waals surface area contributed by atoms with Gasteiger partial charge < -0.3 is 14.5 Å². The van der Waals surface area contributed by atoms with Gasteiger partial charge in [-0.3, -0.25) is 19.7 Å². The van der Waals surface area contributed by atoms with Crippen molar-refractivity contribution in [3.63, 3.8) is 0 Å². The van der Waals surface area contributed by atoms with Gasteiger partial charge in [-0.15, -0.1) is 0 Å². The third-order valence-electron chi connectivity index (χ3n) is 3.91. The van der Waals surface area contributed by atoms with Crippen LogP contribution in [-0.2, 0) is 9.53 Å². The van der Waals surface area contributed by atoms with Crippen LogP contribution in [-0.4, -0.2) is 29.7 Å². The highest BCUT2D eigenvalue weighted by Gasteiger charge is 2.16. The molecule has 1 amide bonds. The summed E-state index contributed by atoms with van der Waals surface area (Å²) in [4.78, 5) is 45.1. The van der Waals surface area contributed by atoms with E-state index in [2.05, 4.69) is 5.32 Å². The van der Waals surface area contributed by atoms with Gasteiger partial charge in [0.25, 0.3) is 11.6 Å². The van der Waals surface area contributed by atoms with Gasteiger partial charge in [-0.1, -0.05) is 11.6 Å². The van der Waals surface area contributed by atoms with Gasteiger partial charge in [-0.05, 0) is 42.5 Å². The Kier molecular flexibility index (Phi) is 6.23. The van der Waals surface area contributed by atoms with Crippen LogP contribution < -0.4 is 5.32 Å². The van der Waals surface area contributed by atoms with Gasteiger partial charge in [0.05, 0.1) is 15.5 Å². The second kappa shape index (κ2) is 9.01. The molecule has 0 atom stereocenters. The van der Waals surface area contributed by atoms with E-state index in [4.69, 9.17) is 20.8 Å². The van der Waals surface area contributed by atoms with Gasteiger partial charge in [0.2, 0.25) is 0 Å². The molecule has 0 saturated heterocycles. The number of benzene rings is 2. The lowest BCUT2D eigenvalue weighted by Gasteiger charge is -2.08.